The Labute approximate surface area is 521 Å². The van der Waals surface area contributed by atoms with E-state index in [1.165, 1.54) is 22.3 Å². The summed E-state index contributed by atoms with van der Waals surface area (Å²) in [6.07, 6.45) is 0. The molecule has 0 saturated heterocycles. The van der Waals surface area contributed by atoms with Crippen molar-refractivity contribution in [3.05, 3.63) is 313 Å². The maximum atomic E-state index is 7.24. The summed E-state index contributed by atoms with van der Waals surface area (Å²) in [6.45, 7) is 20.9. The van der Waals surface area contributed by atoms with Crippen molar-refractivity contribution in [3.63, 3.8) is 0 Å². The van der Waals surface area contributed by atoms with Crippen molar-refractivity contribution in [1.82, 2.24) is 0 Å². The van der Waals surface area contributed by atoms with E-state index in [2.05, 4.69) is 357 Å². The average Bonchev–Trinajstić information content (AvgIpc) is 0.856. The largest absolute Gasteiger partial charge is 0.309 e. The highest BCUT2D eigenvalue weighted by Crippen LogP contribution is 2.54. The zero-order valence-corrected chi connectivity index (χ0v) is 52.2. The predicted molar refractivity (Wildman–Crippen MR) is 375 cm³/mol. The summed E-state index contributed by atoms with van der Waals surface area (Å²) >= 11 is 7.24. The quantitative estimate of drug-likeness (QED) is 0.114. The van der Waals surface area contributed by atoms with E-state index in [-0.39, 0.29) is 16.2 Å². The molecule has 0 fully saturated rings. The molecule has 12 aromatic carbocycles. The molecule has 12 aromatic rings. The van der Waals surface area contributed by atoms with E-state index in [4.69, 9.17) is 11.6 Å². The number of benzene rings is 12. The van der Waals surface area contributed by atoms with Gasteiger partial charge in [-0.15, -0.1) is 0 Å². The van der Waals surface area contributed by atoms with Crippen molar-refractivity contribution < 1.29 is 0 Å². The molecule has 0 unspecified atom stereocenters. The zero-order chi connectivity index (χ0) is 60.5. The maximum absolute atomic E-state index is 7.24. The summed E-state index contributed by atoms with van der Waals surface area (Å²) in [5.41, 5.74) is 25.1. The Hall–Kier alpha value is -9.47. The minimum atomic E-state index is -0.321. The lowest BCUT2D eigenvalue weighted by Gasteiger charge is -2.36. The molecule has 428 valence electrons. The van der Waals surface area contributed by atoms with Gasteiger partial charge in [0.05, 0.1) is 11.4 Å². The van der Waals surface area contributed by atoms with Gasteiger partial charge in [-0.25, -0.2) is 0 Å². The summed E-state index contributed by atoms with van der Waals surface area (Å²) in [5, 5.41) is 0.648. The van der Waals surface area contributed by atoms with Crippen LogP contribution < -0.4 is 9.80 Å². The first-order valence-corrected chi connectivity index (χ1v) is 30.8. The minimum absolute atomic E-state index is 0.0728. The van der Waals surface area contributed by atoms with Gasteiger partial charge in [-0.05, 0) is 161 Å². The normalized spacial score (nSPS) is 11.8. The van der Waals surface area contributed by atoms with Crippen LogP contribution in [0.25, 0.3) is 77.9 Å². The van der Waals surface area contributed by atoms with Gasteiger partial charge in [-0.2, -0.15) is 0 Å². The number of hydrogen-bond acceptors (Lipinski definition) is 2. The molecule has 12 rings (SSSR count). The molecular weight excluding hydrogens is 1070 g/mol. The van der Waals surface area contributed by atoms with E-state index < -0.39 is 0 Å². The molecule has 0 N–H and O–H groups in total. The molecule has 0 spiro atoms. The second-order valence-electron chi connectivity index (χ2n) is 26.0. The standard InChI is InChI=1S/C84H75ClN2/c1-82(2,3)68-46-65(47-69(53-68)83(4,5)6)64-42-28-44-72(48-64)86(80-76(60-34-20-12-21-35-60)49-66(58-30-16-10-17-31-58)50-77(80)61-36-22-13-23-37-61)74-54-70(84(7,8)9)55-75(57-74)87(73-45-29-43-71(85)56-73)81-78(62-38-24-14-25-39-62)51-67(59-32-18-11-19-33-59)52-79(81)63-40-26-15-27-41-63/h10-57H,1-9H3. The Morgan fingerprint density at radius 3 is 0.839 bits per heavy atom. The molecule has 0 saturated carbocycles. The maximum Gasteiger partial charge on any atom is 0.0618 e. The van der Waals surface area contributed by atoms with Crippen LogP contribution in [0.3, 0.4) is 0 Å². The van der Waals surface area contributed by atoms with Gasteiger partial charge in [0.2, 0.25) is 0 Å². The van der Waals surface area contributed by atoms with E-state index in [9.17, 15) is 0 Å². The van der Waals surface area contributed by atoms with Crippen LogP contribution in [0.1, 0.15) is 79.0 Å². The molecule has 0 aliphatic heterocycles. The third kappa shape index (κ3) is 12.5. The molecule has 0 atom stereocenters. The molecule has 0 aromatic heterocycles. The van der Waals surface area contributed by atoms with Crippen LogP contribution in [0.5, 0.6) is 0 Å². The summed E-state index contributed by atoms with van der Waals surface area (Å²) in [4.78, 5) is 5.03. The number of halogens is 1. The first-order valence-electron chi connectivity index (χ1n) is 30.4. The van der Waals surface area contributed by atoms with Crippen molar-refractivity contribution in [3.8, 4) is 77.9 Å². The highest BCUT2D eigenvalue weighted by molar-refractivity contribution is 6.31. The first kappa shape index (κ1) is 57.9. The predicted octanol–water partition coefficient (Wildman–Crippen LogP) is 24.8. The molecule has 87 heavy (non-hydrogen) atoms. The molecule has 2 nitrogen and oxygen atoms in total. The number of anilines is 6. The van der Waals surface area contributed by atoms with Crippen molar-refractivity contribution in [2.24, 2.45) is 0 Å². The van der Waals surface area contributed by atoms with Crippen LogP contribution >= 0.6 is 11.6 Å². The van der Waals surface area contributed by atoms with Crippen LogP contribution in [0.15, 0.2) is 291 Å². The lowest BCUT2D eigenvalue weighted by atomic mass is 9.79. The van der Waals surface area contributed by atoms with E-state index in [1.54, 1.807) is 0 Å². The van der Waals surface area contributed by atoms with E-state index in [1.807, 2.05) is 6.07 Å². The molecule has 0 aliphatic carbocycles. The van der Waals surface area contributed by atoms with Crippen LogP contribution in [0, 0.1) is 0 Å². The van der Waals surface area contributed by atoms with Crippen LogP contribution in [-0.4, -0.2) is 0 Å². The summed E-state index contributed by atoms with van der Waals surface area (Å²) < 4.78 is 0. The van der Waals surface area contributed by atoms with Gasteiger partial charge < -0.3 is 9.80 Å². The van der Waals surface area contributed by atoms with Gasteiger partial charge >= 0.3 is 0 Å². The van der Waals surface area contributed by atoms with Crippen LogP contribution in [0.4, 0.5) is 34.1 Å². The fourth-order valence-electron chi connectivity index (χ4n) is 11.9. The highest BCUT2D eigenvalue weighted by atomic mass is 35.5. The molecule has 0 radical (unpaired) electrons. The third-order valence-corrected chi connectivity index (χ3v) is 16.9. The molecule has 3 heteroatoms. The fourth-order valence-corrected chi connectivity index (χ4v) is 12.1. The van der Waals surface area contributed by atoms with Crippen molar-refractivity contribution in [2.75, 3.05) is 9.80 Å². The van der Waals surface area contributed by atoms with Crippen molar-refractivity contribution >= 4 is 45.7 Å². The second kappa shape index (κ2) is 24.1. The van der Waals surface area contributed by atoms with Gasteiger partial charge in [0.25, 0.3) is 0 Å². The lowest BCUT2D eigenvalue weighted by molar-refractivity contribution is 0.569. The summed E-state index contributed by atoms with van der Waals surface area (Å²) in [7, 11) is 0. The molecule has 0 bridgehead atoms. The Kier molecular flexibility index (Phi) is 16.1. The Bertz CT molecular complexity index is 4210. The molecule has 0 heterocycles. The van der Waals surface area contributed by atoms with E-state index in [0.29, 0.717) is 5.02 Å². The fraction of sp³-hybridized carbons (Fsp3) is 0.143. The van der Waals surface area contributed by atoms with Crippen molar-refractivity contribution in [1.29, 1.82) is 0 Å². The third-order valence-electron chi connectivity index (χ3n) is 16.7. The molecular formula is C84H75ClN2. The van der Waals surface area contributed by atoms with Gasteiger partial charge in [0.1, 0.15) is 0 Å². The van der Waals surface area contributed by atoms with E-state index in [0.717, 1.165) is 106 Å². The highest BCUT2D eigenvalue weighted by Gasteiger charge is 2.31. The molecule has 0 amide bonds. The molecule has 0 aliphatic rings. The number of rotatable bonds is 13. The topological polar surface area (TPSA) is 6.48 Å². The second-order valence-corrected chi connectivity index (χ2v) is 26.5. The van der Waals surface area contributed by atoms with Gasteiger partial charge in [-0.1, -0.05) is 292 Å². The number of nitrogens with zero attached hydrogens (tertiary/aromatic N) is 2. The Morgan fingerprint density at radius 2 is 0.506 bits per heavy atom. The van der Waals surface area contributed by atoms with Crippen molar-refractivity contribution in [2.45, 2.75) is 78.6 Å². The SMILES string of the molecule is CC(C)(C)c1cc(N(c2cccc(Cl)c2)c2c(-c3ccccc3)cc(-c3ccccc3)cc2-c2ccccc2)cc(N(c2cccc(-c3cc(C(C)(C)C)cc(C(C)(C)C)c3)c2)c2c(-c3ccccc3)cc(-c3ccccc3)cc2-c2ccccc2)c1. The van der Waals surface area contributed by atoms with Crippen LogP contribution in [0.2, 0.25) is 5.02 Å². The smallest absolute Gasteiger partial charge is 0.0618 e. The van der Waals surface area contributed by atoms with Gasteiger partial charge in [0, 0.05) is 50.0 Å². The van der Waals surface area contributed by atoms with Gasteiger partial charge in [0.15, 0.2) is 0 Å². The summed E-state index contributed by atoms with van der Waals surface area (Å²) in [6, 6.07) is 107. The first-order chi connectivity index (χ1) is 41.9. The average molecular weight is 1150 g/mol. The lowest BCUT2D eigenvalue weighted by Crippen LogP contribution is -2.19. The minimum Gasteiger partial charge on any atom is -0.309 e. The van der Waals surface area contributed by atoms with Gasteiger partial charge in [-0.3, -0.25) is 0 Å². The van der Waals surface area contributed by atoms with Crippen LogP contribution in [-0.2, 0) is 16.2 Å². The van der Waals surface area contributed by atoms with E-state index >= 15 is 0 Å². The monoisotopic (exact) mass is 1150 g/mol. The Balaban J connectivity index is 1.23. The Morgan fingerprint density at radius 1 is 0.218 bits per heavy atom. The zero-order valence-electron chi connectivity index (χ0n) is 51.5. The number of hydrogen-bond donors (Lipinski definition) is 0. The summed E-state index contributed by atoms with van der Waals surface area (Å²) in [5.74, 6) is 0.